The number of morpholine rings is 2. The molecule has 0 spiro atoms. The molecule has 8 heteroatoms. The van der Waals surface area contributed by atoms with Gasteiger partial charge in [0, 0.05) is 38.5 Å². The minimum Gasteiger partial charge on any atom is -0.378 e. The van der Waals surface area contributed by atoms with E-state index in [4.69, 9.17) is 9.47 Å². The van der Waals surface area contributed by atoms with Crippen LogP contribution in [0.25, 0.3) is 5.69 Å². The summed E-state index contributed by atoms with van der Waals surface area (Å²) < 4.78 is 13.8. The number of thioether (sulfide) groups is 1. The summed E-state index contributed by atoms with van der Waals surface area (Å²) in [5.74, 6) is 1.73. The van der Waals surface area contributed by atoms with Gasteiger partial charge in [0.05, 0.1) is 31.6 Å². The predicted molar refractivity (Wildman–Crippen MR) is 131 cm³/mol. The maximum absolute atomic E-state index is 6.11. The normalized spacial score (nSPS) is 19.7. The van der Waals surface area contributed by atoms with Gasteiger partial charge in [-0.05, 0) is 24.6 Å². The zero-order chi connectivity index (χ0) is 22.5. The van der Waals surface area contributed by atoms with E-state index in [-0.39, 0.29) is 6.10 Å². The van der Waals surface area contributed by atoms with Crippen LogP contribution in [0.3, 0.4) is 0 Å². The highest BCUT2D eigenvalue weighted by Gasteiger charge is 2.25. The fourth-order valence-corrected chi connectivity index (χ4v) is 5.23. The summed E-state index contributed by atoms with van der Waals surface area (Å²) in [6.45, 7) is 8.83. The van der Waals surface area contributed by atoms with Gasteiger partial charge in [0.15, 0.2) is 5.16 Å². The molecule has 2 aromatic carbocycles. The van der Waals surface area contributed by atoms with Crippen LogP contribution < -0.4 is 4.90 Å². The Morgan fingerprint density at radius 1 is 0.939 bits per heavy atom. The molecule has 1 atom stereocenters. The molecule has 3 heterocycles. The lowest BCUT2D eigenvalue weighted by molar-refractivity contribution is -0.0187. The Bertz CT molecular complexity index is 1020. The largest absolute Gasteiger partial charge is 0.378 e. The number of hydrogen-bond donors (Lipinski definition) is 0. The Balaban J connectivity index is 1.29. The molecule has 0 saturated carbocycles. The summed E-state index contributed by atoms with van der Waals surface area (Å²) >= 11 is 1.73. The number of hydrogen-bond acceptors (Lipinski definition) is 7. The van der Waals surface area contributed by atoms with Gasteiger partial charge in [0.25, 0.3) is 0 Å². The smallest absolute Gasteiger partial charge is 0.232 e. The van der Waals surface area contributed by atoms with E-state index in [1.54, 1.807) is 11.8 Å². The average Bonchev–Trinajstić information content (AvgIpc) is 3.29. The second-order valence-corrected chi connectivity index (χ2v) is 9.56. The second kappa shape index (κ2) is 10.7. The Hall–Kier alpha value is -2.39. The van der Waals surface area contributed by atoms with E-state index >= 15 is 0 Å². The summed E-state index contributed by atoms with van der Waals surface area (Å²) in [7, 11) is 0. The van der Waals surface area contributed by atoms with Crippen molar-refractivity contribution in [3.05, 3.63) is 65.7 Å². The molecule has 0 aliphatic carbocycles. The van der Waals surface area contributed by atoms with Gasteiger partial charge in [-0.3, -0.25) is 9.47 Å². The SMILES string of the molecule is Cc1ccc(-n2c(SC[C@H]3CN(Cc4ccccc4)CCO3)nnc2N2CCOCC2)cc1. The third-order valence-corrected chi connectivity index (χ3v) is 7.13. The van der Waals surface area contributed by atoms with E-state index in [0.717, 1.165) is 75.1 Å². The van der Waals surface area contributed by atoms with Crippen molar-refractivity contribution in [1.29, 1.82) is 0 Å². The van der Waals surface area contributed by atoms with E-state index in [1.807, 2.05) is 0 Å². The van der Waals surface area contributed by atoms with Gasteiger partial charge in [-0.15, -0.1) is 10.2 Å². The first-order valence-electron chi connectivity index (χ1n) is 11.6. The van der Waals surface area contributed by atoms with Crippen molar-refractivity contribution in [2.24, 2.45) is 0 Å². The molecule has 7 nitrogen and oxygen atoms in total. The Labute approximate surface area is 199 Å². The van der Waals surface area contributed by atoms with E-state index in [1.165, 1.54) is 11.1 Å². The summed E-state index contributed by atoms with van der Waals surface area (Å²) in [5.41, 5.74) is 3.67. The highest BCUT2D eigenvalue weighted by Crippen LogP contribution is 2.28. The van der Waals surface area contributed by atoms with Crippen LogP contribution in [0.5, 0.6) is 0 Å². The van der Waals surface area contributed by atoms with Crippen LogP contribution in [0.4, 0.5) is 5.95 Å². The first-order valence-corrected chi connectivity index (χ1v) is 12.6. The van der Waals surface area contributed by atoms with Gasteiger partial charge >= 0.3 is 0 Å². The van der Waals surface area contributed by atoms with Crippen molar-refractivity contribution in [3.63, 3.8) is 0 Å². The highest BCUT2D eigenvalue weighted by molar-refractivity contribution is 7.99. The fraction of sp³-hybridized carbons (Fsp3) is 0.440. The summed E-state index contributed by atoms with van der Waals surface area (Å²) in [5, 5.41) is 10.1. The van der Waals surface area contributed by atoms with Crippen molar-refractivity contribution in [3.8, 4) is 5.69 Å². The predicted octanol–water partition coefficient (Wildman–Crippen LogP) is 3.41. The summed E-state index contributed by atoms with van der Waals surface area (Å²) in [4.78, 5) is 4.74. The molecule has 3 aromatic rings. The number of rotatable bonds is 7. The zero-order valence-electron chi connectivity index (χ0n) is 19.1. The van der Waals surface area contributed by atoms with Crippen LogP contribution in [-0.4, -0.2) is 77.5 Å². The van der Waals surface area contributed by atoms with Crippen LogP contribution >= 0.6 is 11.8 Å². The zero-order valence-corrected chi connectivity index (χ0v) is 19.9. The van der Waals surface area contributed by atoms with E-state index in [2.05, 4.69) is 86.1 Å². The number of nitrogens with zero attached hydrogens (tertiary/aromatic N) is 5. The highest BCUT2D eigenvalue weighted by atomic mass is 32.2. The lowest BCUT2D eigenvalue weighted by Gasteiger charge is -2.32. The summed E-state index contributed by atoms with van der Waals surface area (Å²) in [6, 6.07) is 19.2. The summed E-state index contributed by atoms with van der Waals surface area (Å²) in [6.07, 6.45) is 0.169. The molecule has 0 unspecified atom stereocenters. The van der Waals surface area contributed by atoms with Crippen molar-refractivity contribution in [2.45, 2.75) is 24.7 Å². The quantitative estimate of drug-likeness (QED) is 0.496. The third-order valence-electron chi connectivity index (χ3n) is 6.07. The number of aryl methyl sites for hydroxylation is 1. The first kappa shape index (κ1) is 22.4. The Morgan fingerprint density at radius 3 is 2.52 bits per heavy atom. The molecule has 1 aromatic heterocycles. The number of aromatic nitrogens is 3. The standard InChI is InChI=1S/C25H31N5O2S/c1-20-7-9-22(10-8-20)30-24(29-12-14-31-15-13-29)26-27-25(30)33-19-23-18-28(11-16-32-23)17-21-5-3-2-4-6-21/h2-10,23H,11-19H2,1H3/t23-/m1/s1. The van der Waals surface area contributed by atoms with E-state index in [9.17, 15) is 0 Å². The molecule has 2 aliphatic heterocycles. The molecule has 0 bridgehead atoms. The van der Waals surface area contributed by atoms with E-state index in [0.29, 0.717) is 0 Å². The maximum atomic E-state index is 6.11. The number of benzene rings is 2. The second-order valence-electron chi connectivity index (χ2n) is 8.58. The molecule has 5 rings (SSSR count). The van der Waals surface area contributed by atoms with Crippen molar-refractivity contribution >= 4 is 17.7 Å². The molecular formula is C25H31N5O2S. The molecule has 0 radical (unpaired) electrons. The van der Waals surface area contributed by atoms with Crippen molar-refractivity contribution < 1.29 is 9.47 Å². The van der Waals surface area contributed by atoms with E-state index < -0.39 is 0 Å². The first-order chi connectivity index (χ1) is 16.3. The van der Waals surface area contributed by atoms with Gasteiger partial charge in [-0.25, -0.2) is 0 Å². The lowest BCUT2D eigenvalue weighted by Crippen LogP contribution is -2.43. The van der Waals surface area contributed by atoms with Crippen LogP contribution in [0, 0.1) is 6.92 Å². The van der Waals surface area contributed by atoms with Gasteiger partial charge in [0.2, 0.25) is 5.95 Å². The fourth-order valence-electron chi connectivity index (χ4n) is 4.28. The van der Waals surface area contributed by atoms with Gasteiger partial charge in [0.1, 0.15) is 0 Å². The average molecular weight is 466 g/mol. The third kappa shape index (κ3) is 5.58. The minimum atomic E-state index is 0.169. The molecule has 33 heavy (non-hydrogen) atoms. The molecule has 0 N–H and O–H groups in total. The molecule has 2 fully saturated rings. The Kier molecular flexibility index (Phi) is 7.26. The van der Waals surface area contributed by atoms with Crippen LogP contribution in [-0.2, 0) is 16.0 Å². The topological polar surface area (TPSA) is 55.7 Å². The molecular weight excluding hydrogens is 434 g/mol. The number of ether oxygens (including phenoxy) is 2. The van der Waals surface area contributed by atoms with Crippen molar-refractivity contribution in [1.82, 2.24) is 19.7 Å². The van der Waals surface area contributed by atoms with Crippen LogP contribution in [0.1, 0.15) is 11.1 Å². The van der Waals surface area contributed by atoms with Crippen molar-refractivity contribution in [2.75, 3.05) is 56.7 Å². The van der Waals surface area contributed by atoms with Gasteiger partial charge in [-0.2, -0.15) is 0 Å². The maximum Gasteiger partial charge on any atom is 0.232 e. The van der Waals surface area contributed by atoms with Crippen LogP contribution in [0.15, 0.2) is 59.8 Å². The van der Waals surface area contributed by atoms with Gasteiger partial charge in [-0.1, -0.05) is 59.8 Å². The molecule has 2 aliphatic rings. The van der Waals surface area contributed by atoms with Gasteiger partial charge < -0.3 is 14.4 Å². The molecule has 174 valence electrons. The Morgan fingerprint density at radius 2 is 1.73 bits per heavy atom. The lowest BCUT2D eigenvalue weighted by atomic mass is 10.2. The molecule has 2 saturated heterocycles. The van der Waals surface area contributed by atoms with Crippen LogP contribution in [0.2, 0.25) is 0 Å². The minimum absolute atomic E-state index is 0.169. The monoisotopic (exact) mass is 465 g/mol. The molecule has 0 amide bonds. The number of anilines is 1.